The highest BCUT2D eigenvalue weighted by Crippen LogP contribution is 2.16. The van der Waals surface area contributed by atoms with Crippen LogP contribution in [0.4, 0.5) is 18.0 Å². The fourth-order valence-electron chi connectivity index (χ4n) is 1.39. The summed E-state index contributed by atoms with van der Waals surface area (Å²) >= 11 is 0. The number of carboxylic acids is 1. The molecule has 0 aliphatic rings. The van der Waals surface area contributed by atoms with Gasteiger partial charge in [-0.15, -0.1) is 0 Å². The van der Waals surface area contributed by atoms with Crippen molar-refractivity contribution in [3.05, 3.63) is 0 Å². The van der Waals surface area contributed by atoms with Crippen molar-refractivity contribution in [2.24, 2.45) is 5.92 Å². The molecule has 8 heteroatoms. The standard InChI is InChI=1S/C10H17F3N2O3/c1-7(2)4-15(5-8(16)17)9(18)14(3)6-10(11,12)13/h7H,4-6H2,1-3H3,(H,16,17). The monoisotopic (exact) mass is 270 g/mol. The quantitative estimate of drug-likeness (QED) is 0.826. The molecule has 0 saturated carbocycles. The van der Waals surface area contributed by atoms with Crippen LogP contribution < -0.4 is 0 Å². The van der Waals surface area contributed by atoms with Gasteiger partial charge in [0.15, 0.2) is 0 Å². The largest absolute Gasteiger partial charge is 0.480 e. The lowest BCUT2D eigenvalue weighted by Crippen LogP contribution is -2.47. The van der Waals surface area contributed by atoms with Gasteiger partial charge in [0.2, 0.25) is 0 Å². The van der Waals surface area contributed by atoms with Crippen LogP contribution in [0, 0.1) is 5.92 Å². The third kappa shape index (κ3) is 6.97. The van der Waals surface area contributed by atoms with E-state index < -0.39 is 31.3 Å². The molecule has 18 heavy (non-hydrogen) atoms. The van der Waals surface area contributed by atoms with E-state index >= 15 is 0 Å². The lowest BCUT2D eigenvalue weighted by Gasteiger charge is -2.28. The second-order valence-corrected chi connectivity index (χ2v) is 4.42. The Hall–Kier alpha value is -1.47. The molecule has 0 unspecified atom stereocenters. The predicted octanol–water partition coefficient (Wildman–Crippen LogP) is 1.64. The Morgan fingerprint density at radius 2 is 1.78 bits per heavy atom. The summed E-state index contributed by atoms with van der Waals surface area (Å²) in [7, 11) is 0.991. The van der Waals surface area contributed by atoms with Gasteiger partial charge in [0.05, 0.1) is 0 Å². The first kappa shape index (κ1) is 16.5. The van der Waals surface area contributed by atoms with E-state index in [-0.39, 0.29) is 12.5 Å². The van der Waals surface area contributed by atoms with E-state index in [9.17, 15) is 22.8 Å². The number of rotatable bonds is 5. The molecule has 0 aromatic heterocycles. The molecule has 0 fully saturated rings. The van der Waals surface area contributed by atoms with E-state index in [1.807, 2.05) is 0 Å². The molecule has 0 radical (unpaired) electrons. The summed E-state index contributed by atoms with van der Waals surface area (Å²) in [5.41, 5.74) is 0. The van der Waals surface area contributed by atoms with Crippen LogP contribution in [0.1, 0.15) is 13.8 Å². The van der Waals surface area contributed by atoms with E-state index in [1.54, 1.807) is 13.8 Å². The van der Waals surface area contributed by atoms with Crippen LogP contribution in [0.15, 0.2) is 0 Å². The van der Waals surface area contributed by atoms with Crippen molar-refractivity contribution < 1.29 is 27.9 Å². The van der Waals surface area contributed by atoms with Gasteiger partial charge in [-0.1, -0.05) is 13.8 Å². The summed E-state index contributed by atoms with van der Waals surface area (Å²) in [5.74, 6) is -1.29. The lowest BCUT2D eigenvalue weighted by atomic mass is 10.2. The molecule has 0 rings (SSSR count). The molecule has 0 atom stereocenters. The molecule has 1 N–H and O–H groups in total. The van der Waals surface area contributed by atoms with Gasteiger partial charge >= 0.3 is 18.2 Å². The molecule has 0 spiro atoms. The Morgan fingerprint density at radius 3 is 2.11 bits per heavy atom. The first-order valence-electron chi connectivity index (χ1n) is 5.31. The number of alkyl halides is 3. The first-order valence-corrected chi connectivity index (χ1v) is 5.31. The van der Waals surface area contributed by atoms with Gasteiger partial charge in [0, 0.05) is 13.6 Å². The van der Waals surface area contributed by atoms with Gasteiger partial charge in [-0.2, -0.15) is 13.2 Å². The normalized spacial score (nSPS) is 11.5. The number of urea groups is 1. The van der Waals surface area contributed by atoms with Crippen molar-refractivity contribution in [3.8, 4) is 0 Å². The van der Waals surface area contributed by atoms with Crippen LogP contribution in [0.5, 0.6) is 0 Å². The number of amides is 2. The number of aliphatic carboxylic acids is 1. The maximum absolute atomic E-state index is 12.1. The molecule has 0 saturated heterocycles. The molecule has 0 aliphatic heterocycles. The van der Waals surface area contributed by atoms with Crippen LogP contribution >= 0.6 is 0 Å². The third-order valence-corrected chi connectivity index (χ3v) is 1.93. The number of hydrogen-bond donors (Lipinski definition) is 1. The Kier molecular flexibility index (Phi) is 5.93. The summed E-state index contributed by atoms with van der Waals surface area (Å²) in [5, 5.41) is 8.63. The van der Waals surface area contributed by atoms with Crippen LogP contribution in [0.2, 0.25) is 0 Å². The summed E-state index contributed by atoms with van der Waals surface area (Å²) in [6.45, 7) is 1.56. The Bertz CT molecular complexity index is 305. The smallest absolute Gasteiger partial charge is 0.406 e. The number of hydrogen-bond acceptors (Lipinski definition) is 2. The van der Waals surface area contributed by atoms with Crippen molar-refractivity contribution in [2.45, 2.75) is 20.0 Å². The van der Waals surface area contributed by atoms with E-state index in [1.165, 1.54) is 0 Å². The molecule has 0 heterocycles. The SMILES string of the molecule is CC(C)CN(CC(=O)O)C(=O)N(C)CC(F)(F)F. The van der Waals surface area contributed by atoms with Crippen molar-refractivity contribution in [3.63, 3.8) is 0 Å². The highest BCUT2D eigenvalue weighted by molar-refractivity contribution is 5.80. The number of carbonyl (C=O) groups is 2. The minimum absolute atomic E-state index is 0.0346. The zero-order chi connectivity index (χ0) is 14.5. The predicted molar refractivity (Wildman–Crippen MR) is 58.1 cm³/mol. The van der Waals surface area contributed by atoms with Gasteiger partial charge in [0.1, 0.15) is 13.1 Å². The Balaban J connectivity index is 4.67. The molecule has 0 aromatic carbocycles. The molecule has 0 bridgehead atoms. The van der Waals surface area contributed by atoms with Gasteiger partial charge in [0.25, 0.3) is 0 Å². The number of halogens is 3. The number of nitrogens with zero attached hydrogens (tertiary/aromatic N) is 2. The number of carboxylic acid groups (broad SMARTS) is 1. The Morgan fingerprint density at radius 1 is 1.28 bits per heavy atom. The topological polar surface area (TPSA) is 60.9 Å². The van der Waals surface area contributed by atoms with Crippen molar-refractivity contribution in [1.82, 2.24) is 9.80 Å². The number of carbonyl (C=O) groups excluding carboxylic acids is 1. The fourth-order valence-corrected chi connectivity index (χ4v) is 1.39. The summed E-state index contributed by atoms with van der Waals surface area (Å²) in [6, 6.07) is -0.941. The zero-order valence-corrected chi connectivity index (χ0v) is 10.5. The zero-order valence-electron chi connectivity index (χ0n) is 10.5. The van der Waals surface area contributed by atoms with Gasteiger partial charge < -0.3 is 14.9 Å². The fraction of sp³-hybridized carbons (Fsp3) is 0.800. The summed E-state index contributed by atoms with van der Waals surface area (Å²) in [6.07, 6.45) is -4.50. The minimum Gasteiger partial charge on any atom is -0.480 e. The molecular formula is C10H17F3N2O3. The first-order chi connectivity index (χ1) is 8.03. The molecule has 0 aromatic rings. The van der Waals surface area contributed by atoms with Crippen molar-refractivity contribution in [1.29, 1.82) is 0 Å². The maximum Gasteiger partial charge on any atom is 0.406 e. The van der Waals surface area contributed by atoms with Gasteiger partial charge in [-0.3, -0.25) is 4.79 Å². The lowest BCUT2D eigenvalue weighted by molar-refractivity contribution is -0.140. The van der Waals surface area contributed by atoms with Crippen LogP contribution in [-0.2, 0) is 4.79 Å². The van der Waals surface area contributed by atoms with Crippen LogP contribution in [0.3, 0.4) is 0 Å². The van der Waals surface area contributed by atoms with E-state index in [0.29, 0.717) is 4.90 Å². The van der Waals surface area contributed by atoms with E-state index in [0.717, 1.165) is 11.9 Å². The molecule has 106 valence electrons. The molecule has 2 amide bonds. The van der Waals surface area contributed by atoms with Crippen molar-refractivity contribution >= 4 is 12.0 Å². The van der Waals surface area contributed by atoms with E-state index in [4.69, 9.17) is 5.11 Å². The highest BCUT2D eigenvalue weighted by atomic mass is 19.4. The van der Waals surface area contributed by atoms with Crippen molar-refractivity contribution in [2.75, 3.05) is 26.7 Å². The van der Waals surface area contributed by atoms with Crippen LogP contribution in [0.25, 0.3) is 0 Å². The molecular weight excluding hydrogens is 253 g/mol. The van der Waals surface area contributed by atoms with Crippen LogP contribution in [-0.4, -0.2) is 59.8 Å². The average molecular weight is 270 g/mol. The molecule has 5 nitrogen and oxygen atoms in total. The summed E-state index contributed by atoms with van der Waals surface area (Å²) in [4.78, 5) is 23.6. The summed E-state index contributed by atoms with van der Waals surface area (Å²) < 4.78 is 36.4. The van der Waals surface area contributed by atoms with Gasteiger partial charge in [-0.05, 0) is 5.92 Å². The second-order valence-electron chi connectivity index (χ2n) is 4.42. The van der Waals surface area contributed by atoms with E-state index in [2.05, 4.69) is 0 Å². The Labute approximate surface area is 103 Å². The average Bonchev–Trinajstić information content (AvgIpc) is 2.11. The second kappa shape index (κ2) is 6.46. The third-order valence-electron chi connectivity index (χ3n) is 1.93. The van der Waals surface area contributed by atoms with Gasteiger partial charge in [-0.25, -0.2) is 4.79 Å². The maximum atomic E-state index is 12.1. The highest BCUT2D eigenvalue weighted by Gasteiger charge is 2.33. The minimum atomic E-state index is -4.50. The molecule has 0 aliphatic carbocycles.